The Hall–Kier alpha value is -0.770. The second kappa shape index (κ2) is 6.33. The summed E-state index contributed by atoms with van der Waals surface area (Å²) in [6, 6.07) is 2.46. The number of hydrogen-bond acceptors (Lipinski definition) is 1. The van der Waals surface area contributed by atoms with Crippen LogP contribution in [0.4, 0.5) is 0 Å². The van der Waals surface area contributed by atoms with Gasteiger partial charge in [0, 0.05) is 5.57 Å². The van der Waals surface area contributed by atoms with Crippen molar-refractivity contribution in [2.24, 2.45) is 29.1 Å². The number of nitriles is 1. The Bertz CT molecular complexity index is 398. The smallest absolute Gasteiger partial charge is 0.0943 e. The molecule has 0 amide bonds. The molecule has 2 rings (SSSR count). The Balaban J connectivity index is 1.89. The van der Waals surface area contributed by atoms with Crippen LogP contribution in [0.2, 0.25) is 0 Å². The van der Waals surface area contributed by atoms with E-state index in [1.54, 1.807) is 0 Å². The third-order valence-electron chi connectivity index (χ3n) is 6.03. The number of nitrogens with zero attached hydrogens (tertiary/aromatic N) is 1. The number of rotatable bonds is 6. The molecule has 2 saturated carbocycles. The van der Waals surface area contributed by atoms with E-state index >= 15 is 0 Å². The van der Waals surface area contributed by atoms with Crippen LogP contribution in [-0.2, 0) is 0 Å². The third-order valence-corrected chi connectivity index (χ3v) is 6.03. The summed E-state index contributed by atoms with van der Waals surface area (Å²) < 4.78 is 0. The van der Waals surface area contributed by atoms with Crippen LogP contribution in [0, 0.1) is 40.4 Å². The summed E-state index contributed by atoms with van der Waals surface area (Å²) in [5, 5.41) is 9.36. The summed E-state index contributed by atoms with van der Waals surface area (Å²) in [7, 11) is 0. The molecule has 0 N–H and O–H groups in total. The molecule has 0 spiro atoms. The molecular weight excluding hydrogens is 242 g/mol. The van der Waals surface area contributed by atoms with Crippen LogP contribution in [0.3, 0.4) is 0 Å². The quantitative estimate of drug-likeness (QED) is 0.448. The molecule has 0 saturated heterocycles. The fraction of sp³-hybridized carbons (Fsp3) is 0.842. The van der Waals surface area contributed by atoms with Gasteiger partial charge >= 0.3 is 0 Å². The van der Waals surface area contributed by atoms with Gasteiger partial charge in [-0.15, -0.1) is 0 Å². The van der Waals surface area contributed by atoms with Gasteiger partial charge in [0.2, 0.25) is 0 Å². The molecule has 0 heterocycles. The van der Waals surface area contributed by atoms with E-state index in [1.165, 1.54) is 38.5 Å². The molecule has 20 heavy (non-hydrogen) atoms. The lowest BCUT2D eigenvalue weighted by Crippen LogP contribution is -2.16. The van der Waals surface area contributed by atoms with Crippen molar-refractivity contribution in [3.8, 4) is 6.07 Å². The molecule has 1 nitrogen and oxygen atoms in total. The summed E-state index contributed by atoms with van der Waals surface area (Å²) in [5.74, 6) is 3.29. The topological polar surface area (TPSA) is 23.8 Å². The molecule has 4 unspecified atom stereocenters. The first-order valence-electron chi connectivity index (χ1n) is 8.61. The predicted octanol–water partition coefficient (Wildman–Crippen LogP) is 5.73. The molecule has 2 fully saturated rings. The van der Waals surface area contributed by atoms with Gasteiger partial charge in [-0.1, -0.05) is 53.0 Å². The highest BCUT2D eigenvalue weighted by Crippen LogP contribution is 2.67. The fourth-order valence-electron chi connectivity index (χ4n) is 4.30. The molecule has 1 heteroatoms. The zero-order valence-corrected chi connectivity index (χ0v) is 13.8. The van der Waals surface area contributed by atoms with E-state index in [2.05, 4.69) is 39.8 Å². The predicted molar refractivity (Wildman–Crippen MR) is 85.1 cm³/mol. The summed E-state index contributed by atoms with van der Waals surface area (Å²) in [5.41, 5.74) is 1.62. The first-order valence-corrected chi connectivity index (χ1v) is 8.61. The molecule has 4 atom stereocenters. The van der Waals surface area contributed by atoms with E-state index < -0.39 is 0 Å². The highest BCUT2D eigenvalue weighted by Gasteiger charge is 2.60. The Labute approximate surface area is 125 Å². The second-order valence-electron chi connectivity index (χ2n) is 7.76. The number of unbranched alkanes of at least 4 members (excludes halogenated alkanes) is 3. The van der Waals surface area contributed by atoms with E-state index in [0.29, 0.717) is 11.3 Å². The Morgan fingerprint density at radius 1 is 1.20 bits per heavy atom. The molecule has 0 aromatic rings. The van der Waals surface area contributed by atoms with Crippen LogP contribution in [0.25, 0.3) is 0 Å². The lowest BCUT2D eigenvalue weighted by Gasteiger charge is -2.26. The van der Waals surface area contributed by atoms with Crippen molar-refractivity contribution in [2.75, 3.05) is 0 Å². The molecule has 112 valence electrons. The number of fused-ring (bicyclic) bond motifs is 1. The Kier molecular flexibility index (Phi) is 4.95. The van der Waals surface area contributed by atoms with E-state index in [-0.39, 0.29) is 0 Å². The molecule has 0 aromatic heterocycles. The van der Waals surface area contributed by atoms with Crippen LogP contribution in [-0.4, -0.2) is 0 Å². The van der Waals surface area contributed by atoms with Crippen molar-refractivity contribution in [2.45, 2.75) is 72.6 Å². The first kappa shape index (κ1) is 15.6. The maximum atomic E-state index is 9.36. The van der Waals surface area contributed by atoms with Gasteiger partial charge in [0.05, 0.1) is 6.07 Å². The third kappa shape index (κ3) is 3.27. The first-order chi connectivity index (χ1) is 9.50. The maximum absolute atomic E-state index is 9.36. The monoisotopic (exact) mass is 273 g/mol. The summed E-state index contributed by atoms with van der Waals surface area (Å²) >= 11 is 0. The van der Waals surface area contributed by atoms with Crippen molar-refractivity contribution in [3.63, 3.8) is 0 Å². The van der Waals surface area contributed by atoms with Crippen molar-refractivity contribution < 1.29 is 0 Å². The van der Waals surface area contributed by atoms with Gasteiger partial charge in [-0.25, -0.2) is 0 Å². The molecule has 2 aliphatic rings. The van der Waals surface area contributed by atoms with E-state index in [4.69, 9.17) is 0 Å². The standard InChI is InChI=1S/C19H31N/c1-5-6-7-8-9-15(13-20)11-16-12-18-17(10-14(16)2)19(18,3)4/h11,14,16-18H,5-10,12H2,1-4H3. The summed E-state index contributed by atoms with van der Waals surface area (Å²) in [6.45, 7) is 9.48. The molecule has 0 bridgehead atoms. The van der Waals surface area contributed by atoms with Gasteiger partial charge < -0.3 is 0 Å². The minimum atomic E-state index is 0.574. The zero-order chi connectivity index (χ0) is 14.8. The highest BCUT2D eigenvalue weighted by molar-refractivity contribution is 5.23. The minimum Gasteiger partial charge on any atom is -0.193 e. The van der Waals surface area contributed by atoms with Gasteiger partial charge in [-0.05, 0) is 54.8 Å². The van der Waals surface area contributed by atoms with Gasteiger partial charge in [0.25, 0.3) is 0 Å². The van der Waals surface area contributed by atoms with Crippen LogP contribution in [0.15, 0.2) is 11.6 Å². The van der Waals surface area contributed by atoms with Crippen LogP contribution >= 0.6 is 0 Å². The SMILES string of the molecule is CCCCCCC(C#N)=CC1CC2C(CC1C)C2(C)C. The van der Waals surface area contributed by atoms with Crippen molar-refractivity contribution in [3.05, 3.63) is 11.6 Å². The normalized spacial score (nSPS) is 35.2. The van der Waals surface area contributed by atoms with Crippen LogP contribution < -0.4 is 0 Å². The van der Waals surface area contributed by atoms with E-state index in [1.807, 2.05) is 0 Å². The van der Waals surface area contributed by atoms with Crippen molar-refractivity contribution in [1.29, 1.82) is 5.26 Å². The number of allylic oxidation sites excluding steroid dienone is 2. The largest absolute Gasteiger partial charge is 0.193 e. The van der Waals surface area contributed by atoms with Crippen molar-refractivity contribution in [1.82, 2.24) is 0 Å². The van der Waals surface area contributed by atoms with Gasteiger partial charge in [0.15, 0.2) is 0 Å². The lowest BCUT2D eigenvalue weighted by molar-refractivity contribution is 0.292. The van der Waals surface area contributed by atoms with Gasteiger partial charge in [-0.2, -0.15) is 5.26 Å². The minimum absolute atomic E-state index is 0.574. The molecule has 0 aliphatic heterocycles. The number of hydrogen-bond donors (Lipinski definition) is 0. The fourth-order valence-corrected chi connectivity index (χ4v) is 4.30. The lowest BCUT2D eigenvalue weighted by atomic mass is 9.79. The van der Waals surface area contributed by atoms with Crippen LogP contribution in [0.1, 0.15) is 72.6 Å². The van der Waals surface area contributed by atoms with E-state index in [9.17, 15) is 5.26 Å². The molecule has 0 aromatic carbocycles. The van der Waals surface area contributed by atoms with E-state index in [0.717, 1.165) is 29.7 Å². The summed E-state index contributed by atoms with van der Waals surface area (Å²) in [6.07, 6.45) is 11.0. The zero-order valence-electron chi connectivity index (χ0n) is 13.8. The van der Waals surface area contributed by atoms with Gasteiger partial charge in [0.1, 0.15) is 0 Å². The highest BCUT2D eigenvalue weighted by atomic mass is 14.6. The average Bonchev–Trinajstić information content (AvgIpc) is 2.94. The second-order valence-corrected chi connectivity index (χ2v) is 7.76. The molecule has 0 radical (unpaired) electrons. The Morgan fingerprint density at radius 2 is 1.90 bits per heavy atom. The molecule has 2 aliphatic carbocycles. The average molecular weight is 273 g/mol. The molecular formula is C19H31N. The van der Waals surface area contributed by atoms with Gasteiger partial charge in [-0.3, -0.25) is 0 Å². The Morgan fingerprint density at radius 3 is 2.55 bits per heavy atom. The summed E-state index contributed by atoms with van der Waals surface area (Å²) in [4.78, 5) is 0. The van der Waals surface area contributed by atoms with Crippen LogP contribution in [0.5, 0.6) is 0 Å². The maximum Gasteiger partial charge on any atom is 0.0943 e. The van der Waals surface area contributed by atoms with Crippen molar-refractivity contribution >= 4 is 0 Å².